The van der Waals surface area contributed by atoms with E-state index in [1.165, 1.54) is 6.92 Å². The van der Waals surface area contributed by atoms with Gasteiger partial charge in [-0.1, -0.05) is 5.92 Å². The normalized spacial score (nSPS) is 26.9. The first-order valence-electron chi connectivity index (χ1n) is 15.6. The molecule has 1 aromatic carbocycles. The Balaban J connectivity index is 1.46. The van der Waals surface area contributed by atoms with Crippen molar-refractivity contribution in [1.82, 2.24) is 14.9 Å². The standard InChI is InChI=1S/C32H35F6N5O4S/c1-3-6-18-11-21(39)26(33)24(25(18)32(36,37)38)23-12-22-20(15-48(23,45)46)28(42-9-4-7-30(2,44)16-42)41-29(40-22)47-17-31-8-5-10-43(31)14-19(13-31)27(34)35/h11,23,44H,4-5,7-10,12-17,39H2,1-2H3/t23-,30-,31+/m1/s1. The lowest BCUT2D eigenvalue weighted by Crippen LogP contribution is -2.47. The second-order valence-corrected chi connectivity index (χ2v) is 15.5. The number of hydrogen-bond acceptors (Lipinski definition) is 9. The number of aliphatic hydroxyl groups is 1. The lowest BCUT2D eigenvalue weighted by molar-refractivity contribution is -0.138. The lowest BCUT2D eigenvalue weighted by Gasteiger charge is -2.39. The molecule has 6 rings (SSSR count). The van der Waals surface area contributed by atoms with Crippen molar-refractivity contribution < 1.29 is 44.6 Å². The van der Waals surface area contributed by atoms with Crippen LogP contribution >= 0.6 is 0 Å². The lowest BCUT2D eigenvalue weighted by atomic mass is 9.93. The maximum atomic E-state index is 15.7. The number of piperidine rings is 1. The summed E-state index contributed by atoms with van der Waals surface area (Å²) in [5.74, 6) is 2.42. The predicted octanol–water partition coefficient (Wildman–Crippen LogP) is 4.92. The van der Waals surface area contributed by atoms with Gasteiger partial charge in [0, 0.05) is 48.3 Å². The van der Waals surface area contributed by atoms with Crippen LogP contribution in [0.5, 0.6) is 6.01 Å². The average molecular weight is 700 g/mol. The maximum Gasteiger partial charge on any atom is 0.418 e. The average Bonchev–Trinajstić information content (AvgIpc) is 3.54. The molecule has 3 N–H and O–H groups in total. The van der Waals surface area contributed by atoms with Crippen molar-refractivity contribution in [3.8, 4) is 17.9 Å². The van der Waals surface area contributed by atoms with E-state index in [1.807, 2.05) is 4.90 Å². The molecule has 260 valence electrons. The van der Waals surface area contributed by atoms with Gasteiger partial charge in [-0.15, -0.1) is 5.92 Å². The molecule has 0 radical (unpaired) electrons. The van der Waals surface area contributed by atoms with Crippen molar-refractivity contribution in [2.45, 2.75) is 80.7 Å². The molecule has 0 bridgehead atoms. The second kappa shape index (κ2) is 12.1. The number of hydrogen-bond donors (Lipinski definition) is 2. The number of halogens is 6. The van der Waals surface area contributed by atoms with Gasteiger partial charge in [0.15, 0.2) is 15.7 Å². The van der Waals surface area contributed by atoms with Crippen LogP contribution in [-0.2, 0) is 28.2 Å². The summed E-state index contributed by atoms with van der Waals surface area (Å²) in [6.45, 7) is 3.98. The third-order valence-corrected chi connectivity index (χ3v) is 11.7. The first kappa shape index (κ1) is 34.3. The summed E-state index contributed by atoms with van der Waals surface area (Å²) in [6, 6.07) is 0.508. The van der Waals surface area contributed by atoms with Crippen LogP contribution in [0.15, 0.2) is 17.7 Å². The number of rotatable bonds is 5. The predicted molar refractivity (Wildman–Crippen MR) is 164 cm³/mol. The number of fused-ring (bicyclic) bond motifs is 2. The van der Waals surface area contributed by atoms with Crippen LogP contribution in [0.2, 0.25) is 0 Å². The van der Waals surface area contributed by atoms with Gasteiger partial charge in [0.05, 0.1) is 39.1 Å². The van der Waals surface area contributed by atoms with Crippen LogP contribution < -0.4 is 15.4 Å². The summed E-state index contributed by atoms with van der Waals surface area (Å²) < 4.78 is 120. The van der Waals surface area contributed by atoms with Crippen LogP contribution in [-0.4, -0.2) is 72.3 Å². The van der Waals surface area contributed by atoms with Crippen LogP contribution in [0.1, 0.15) is 79.1 Å². The molecule has 48 heavy (non-hydrogen) atoms. The zero-order chi connectivity index (χ0) is 34.8. The largest absolute Gasteiger partial charge is 0.461 e. The molecule has 3 atom stereocenters. The molecule has 2 aromatic rings. The van der Waals surface area contributed by atoms with Gasteiger partial charge in [0.2, 0.25) is 0 Å². The topological polar surface area (TPSA) is 122 Å². The number of ether oxygens (including phenoxy) is 1. The van der Waals surface area contributed by atoms with Crippen molar-refractivity contribution in [2.24, 2.45) is 0 Å². The summed E-state index contributed by atoms with van der Waals surface area (Å²) in [7, 11) is -4.54. The van der Waals surface area contributed by atoms with Crippen molar-refractivity contribution in [2.75, 3.05) is 43.4 Å². The van der Waals surface area contributed by atoms with Crippen LogP contribution in [0.3, 0.4) is 0 Å². The van der Waals surface area contributed by atoms with E-state index in [0.717, 1.165) is 12.5 Å². The fraction of sp³-hybridized carbons (Fsp3) is 0.562. The highest BCUT2D eigenvalue weighted by Gasteiger charge is 2.49. The minimum Gasteiger partial charge on any atom is -0.461 e. The highest BCUT2D eigenvalue weighted by molar-refractivity contribution is 7.91. The summed E-state index contributed by atoms with van der Waals surface area (Å²) in [5.41, 5.74) is 0.0329. The molecule has 4 aliphatic rings. The molecule has 0 spiro atoms. The van der Waals surface area contributed by atoms with Crippen molar-refractivity contribution >= 4 is 21.3 Å². The first-order chi connectivity index (χ1) is 22.4. The van der Waals surface area contributed by atoms with Gasteiger partial charge in [-0.2, -0.15) is 31.9 Å². The number of nitrogens with two attached hydrogens (primary N) is 1. The fourth-order valence-electron chi connectivity index (χ4n) is 7.63. The van der Waals surface area contributed by atoms with Gasteiger partial charge in [0.25, 0.3) is 6.08 Å². The van der Waals surface area contributed by atoms with Gasteiger partial charge < -0.3 is 20.5 Å². The summed E-state index contributed by atoms with van der Waals surface area (Å²) >= 11 is 0. The molecule has 16 heteroatoms. The van der Waals surface area contributed by atoms with E-state index in [4.69, 9.17) is 10.5 Å². The number of anilines is 2. The highest BCUT2D eigenvalue weighted by Crippen LogP contribution is 2.48. The Morgan fingerprint density at radius 2 is 1.94 bits per heavy atom. The number of aromatic nitrogens is 2. The van der Waals surface area contributed by atoms with Gasteiger partial charge in [-0.25, -0.2) is 12.8 Å². The third-order valence-electron chi connectivity index (χ3n) is 9.78. The zero-order valence-corrected chi connectivity index (χ0v) is 27.2. The number of nitrogen functional groups attached to an aromatic ring is 1. The third kappa shape index (κ3) is 6.20. The number of nitrogens with zero attached hydrogens (tertiary/aromatic N) is 4. The van der Waals surface area contributed by atoms with Gasteiger partial charge in [-0.3, -0.25) is 4.90 Å². The molecular formula is C32H35F6N5O4S. The second-order valence-electron chi connectivity index (χ2n) is 13.3. The molecule has 0 unspecified atom stereocenters. The number of alkyl halides is 3. The first-order valence-corrected chi connectivity index (χ1v) is 17.3. The smallest absolute Gasteiger partial charge is 0.418 e. The molecule has 9 nitrogen and oxygen atoms in total. The van der Waals surface area contributed by atoms with E-state index in [0.29, 0.717) is 32.4 Å². The molecule has 0 saturated carbocycles. The number of β-amino-alcohol motifs (C(OH)–C–C–N with tert-alkyl or cyclic N) is 1. The van der Waals surface area contributed by atoms with Gasteiger partial charge in [-0.05, 0) is 58.6 Å². The summed E-state index contributed by atoms with van der Waals surface area (Å²) in [5, 5.41) is 8.82. The van der Waals surface area contributed by atoms with Crippen molar-refractivity contribution in [3.63, 3.8) is 0 Å². The maximum absolute atomic E-state index is 15.7. The highest BCUT2D eigenvalue weighted by atomic mass is 32.2. The summed E-state index contributed by atoms with van der Waals surface area (Å²) in [4.78, 5) is 12.6. The number of sulfone groups is 1. The zero-order valence-electron chi connectivity index (χ0n) is 26.4. The number of benzene rings is 1. The fourth-order valence-corrected chi connectivity index (χ4v) is 9.52. The molecule has 0 aliphatic carbocycles. The van der Waals surface area contributed by atoms with Crippen LogP contribution in [0.25, 0.3) is 0 Å². The van der Waals surface area contributed by atoms with Crippen molar-refractivity contribution in [3.05, 3.63) is 51.5 Å². The van der Waals surface area contributed by atoms with Gasteiger partial charge in [0.1, 0.15) is 12.4 Å². The Bertz CT molecular complexity index is 1850. The van der Waals surface area contributed by atoms with Crippen LogP contribution in [0.4, 0.5) is 37.8 Å². The SMILES string of the molecule is CC#Cc1cc(N)c(F)c([C@H]2Cc3nc(OC[C@@]45CCCN4CC(=C(F)F)C5)nc(N4CCC[C@@](C)(O)C4)c3CS2(=O)=O)c1C(F)(F)F. The molecule has 1 aromatic heterocycles. The molecule has 3 fully saturated rings. The van der Waals surface area contributed by atoms with Crippen molar-refractivity contribution in [1.29, 1.82) is 0 Å². The minimum absolute atomic E-state index is 0.0192. The Hall–Kier alpha value is -3.55. The Kier molecular flexibility index (Phi) is 8.65. The quantitative estimate of drug-likeness (QED) is 0.255. The van der Waals surface area contributed by atoms with Gasteiger partial charge >= 0.3 is 12.2 Å². The minimum atomic E-state index is -5.18. The monoisotopic (exact) mass is 699 g/mol. The summed E-state index contributed by atoms with van der Waals surface area (Å²) in [6.07, 6.45) is -5.14. The van der Waals surface area contributed by atoms with E-state index in [1.54, 1.807) is 11.8 Å². The molecular weight excluding hydrogens is 664 g/mol. The Morgan fingerprint density at radius 1 is 1.21 bits per heavy atom. The molecule has 3 saturated heterocycles. The van der Waals surface area contributed by atoms with E-state index < -0.39 is 78.9 Å². The van der Waals surface area contributed by atoms with E-state index in [-0.39, 0.29) is 54.8 Å². The van der Waals surface area contributed by atoms with E-state index in [9.17, 15) is 35.5 Å². The molecule has 5 heterocycles. The van der Waals surface area contributed by atoms with Crippen LogP contribution in [0, 0.1) is 17.7 Å². The molecule has 4 aliphatic heterocycles. The Morgan fingerprint density at radius 3 is 2.60 bits per heavy atom. The van der Waals surface area contributed by atoms with E-state index >= 15 is 4.39 Å². The van der Waals surface area contributed by atoms with E-state index in [2.05, 4.69) is 21.8 Å². The molecule has 0 amide bonds. The Labute approximate surface area is 274 Å².